The van der Waals surface area contributed by atoms with Crippen molar-refractivity contribution in [2.24, 2.45) is 5.92 Å². The first-order chi connectivity index (χ1) is 5.06. The molecule has 3 nitrogen and oxygen atoms in total. The summed E-state index contributed by atoms with van der Waals surface area (Å²) in [6.45, 7) is 5.27. The van der Waals surface area contributed by atoms with Gasteiger partial charge >= 0.3 is 0 Å². The van der Waals surface area contributed by atoms with Gasteiger partial charge in [-0.25, -0.2) is 5.11 Å². The molecule has 65 valence electrons. The highest BCUT2D eigenvalue weighted by Gasteiger charge is 2.10. The lowest BCUT2D eigenvalue weighted by atomic mass is 10.0. The zero-order chi connectivity index (χ0) is 8.85. The van der Waals surface area contributed by atoms with Crippen LogP contribution < -0.4 is 5.32 Å². The Kier molecular flexibility index (Phi) is 4.86. The maximum atomic E-state index is 10.5. The van der Waals surface area contributed by atoms with Crippen LogP contribution >= 0.6 is 0 Å². The summed E-state index contributed by atoms with van der Waals surface area (Å²) in [6, 6.07) is -0.188. The smallest absolute Gasteiger partial charge is 0.217 e. The molecule has 1 atom stereocenters. The van der Waals surface area contributed by atoms with Crippen molar-refractivity contribution < 1.29 is 9.90 Å². The van der Waals surface area contributed by atoms with Crippen LogP contribution in [0.4, 0.5) is 0 Å². The molecular weight excluding hydrogens is 142 g/mol. The monoisotopic (exact) mass is 158 g/mol. The second kappa shape index (κ2) is 5.13. The van der Waals surface area contributed by atoms with E-state index in [1.807, 2.05) is 13.8 Å². The van der Waals surface area contributed by atoms with Crippen LogP contribution in [0.2, 0.25) is 0 Å². The van der Waals surface area contributed by atoms with Gasteiger partial charge in [0, 0.05) is 6.92 Å². The number of hydrogen-bond donors (Lipinski definition) is 1. The van der Waals surface area contributed by atoms with E-state index >= 15 is 0 Å². The maximum Gasteiger partial charge on any atom is 0.217 e. The number of nitrogens with one attached hydrogen (secondary N) is 1. The highest BCUT2D eigenvalue weighted by atomic mass is 16.3. The first-order valence-corrected chi connectivity index (χ1v) is 3.91. The number of hydrogen-bond acceptors (Lipinski definition) is 1. The molecule has 0 aromatic heterocycles. The maximum absolute atomic E-state index is 10.5. The number of amides is 1. The average Bonchev–Trinajstić information content (AvgIpc) is 1.84. The van der Waals surface area contributed by atoms with E-state index < -0.39 is 0 Å². The summed E-state index contributed by atoms with van der Waals surface area (Å²) < 4.78 is 0. The van der Waals surface area contributed by atoms with Gasteiger partial charge in [-0.1, -0.05) is 13.8 Å². The van der Waals surface area contributed by atoms with Crippen molar-refractivity contribution in [3.05, 3.63) is 0 Å². The zero-order valence-corrected chi connectivity index (χ0v) is 7.39. The molecule has 0 saturated heterocycles. The third-order valence-electron chi connectivity index (χ3n) is 1.36. The standard InChI is InChI=1S/C8H16NO2/c1-6(2)4-8(5-10)9-7(3)11/h6,8H,4-5H2,1-3H3,(H,9,11). The van der Waals surface area contributed by atoms with Crippen LogP contribution in [0.15, 0.2) is 0 Å². The minimum atomic E-state index is -0.224. The van der Waals surface area contributed by atoms with Crippen LogP contribution in [-0.4, -0.2) is 18.6 Å². The Bertz CT molecular complexity index is 123. The van der Waals surface area contributed by atoms with E-state index in [9.17, 15) is 9.90 Å². The topological polar surface area (TPSA) is 49.0 Å². The summed E-state index contributed by atoms with van der Waals surface area (Å²) in [5.41, 5.74) is 0. The van der Waals surface area contributed by atoms with E-state index in [2.05, 4.69) is 5.32 Å². The van der Waals surface area contributed by atoms with Gasteiger partial charge in [0.05, 0.1) is 6.04 Å². The van der Waals surface area contributed by atoms with Crippen LogP contribution in [-0.2, 0) is 9.90 Å². The lowest BCUT2D eigenvalue weighted by Gasteiger charge is -2.15. The van der Waals surface area contributed by atoms with Crippen molar-refractivity contribution in [2.45, 2.75) is 33.2 Å². The predicted octanol–water partition coefficient (Wildman–Crippen LogP) is 0.968. The molecule has 0 aromatic rings. The average molecular weight is 158 g/mol. The highest BCUT2D eigenvalue weighted by Crippen LogP contribution is 2.03. The van der Waals surface area contributed by atoms with Crippen molar-refractivity contribution >= 4 is 5.91 Å². The van der Waals surface area contributed by atoms with Gasteiger partial charge in [-0.05, 0) is 12.3 Å². The van der Waals surface area contributed by atoms with Crippen LogP contribution in [0.25, 0.3) is 0 Å². The summed E-state index contributed by atoms with van der Waals surface area (Å²) >= 11 is 0. The van der Waals surface area contributed by atoms with E-state index in [0.29, 0.717) is 5.92 Å². The van der Waals surface area contributed by atoms with E-state index in [1.165, 1.54) is 6.92 Å². The van der Waals surface area contributed by atoms with E-state index in [1.54, 1.807) is 0 Å². The molecule has 0 fully saturated rings. The fraction of sp³-hybridized carbons (Fsp3) is 0.875. The molecule has 0 aromatic carbocycles. The van der Waals surface area contributed by atoms with Crippen molar-refractivity contribution in [2.75, 3.05) is 6.61 Å². The molecule has 0 bridgehead atoms. The Morgan fingerprint density at radius 3 is 2.27 bits per heavy atom. The van der Waals surface area contributed by atoms with Gasteiger partial charge in [0.2, 0.25) is 5.91 Å². The van der Waals surface area contributed by atoms with Crippen molar-refractivity contribution in [3.8, 4) is 0 Å². The molecule has 1 radical (unpaired) electrons. The van der Waals surface area contributed by atoms with Crippen molar-refractivity contribution in [1.29, 1.82) is 0 Å². The van der Waals surface area contributed by atoms with E-state index in [0.717, 1.165) is 6.42 Å². The predicted molar refractivity (Wildman–Crippen MR) is 42.6 cm³/mol. The molecule has 0 rings (SSSR count). The third-order valence-corrected chi connectivity index (χ3v) is 1.36. The molecule has 0 saturated carbocycles. The van der Waals surface area contributed by atoms with Crippen LogP contribution in [0.5, 0.6) is 0 Å². The van der Waals surface area contributed by atoms with Gasteiger partial charge < -0.3 is 5.32 Å². The number of carbonyl (C=O) groups is 1. The van der Waals surface area contributed by atoms with E-state index in [4.69, 9.17) is 0 Å². The molecule has 0 aliphatic rings. The SMILES string of the molecule is CC(=O)NC(C[O])CC(C)C. The Labute approximate surface area is 67.8 Å². The minimum absolute atomic E-state index is 0.119. The Morgan fingerprint density at radius 1 is 1.45 bits per heavy atom. The summed E-state index contributed by atoms with van der Waals surface area (Å²) in [5, 5.41) is 13.1. The number of rotatable bonds is 4. The summed E-state index contributed by atoms with van der Waals surface area (Å²) in [6.07, 6.45) is 0.767. The van der Waals surface area contributed by atoms with Crippen molar-refractivity contribution in [3.63, 3.8) is 0 Å². The molecule has 11 heavy (non-hydrogen) atoms. The van der Waals surface area contributed by atoms with Gasteiger partial charge in [0.25, 0.3) is 0 Å². The Balaban J connectivity index is 3.66. The summed E-state index contributed by atoms with van der Waals surface area (Å²) in [7, 11) is 0. The lowest BCUT2D eigenvalue weighted by molar-refractivity contribution is -0.120. The molecule has 0 heterocycles. The van der Waals surface area contributed by atoms with Crippen LogP contribution in [0, 0.1) is 5.92 Å². The van der Waals surface area contributed by atoms with Crippen LogP contribution in [0.3, 0.4) is 0 Å². The Hall–Kier alpha value is -0.570. The van der Waals surface area contributed by atoms with Gasteiger partial charge in [-0.15, -0.1) is 0 Å². The molecular formula is C8H16NO2. The second-order valence-electron chi connectivity index (χ2n) is 3.19. The fourth-order valence-electron chi connectivity index (χ4n) is 1.03. The van der Waals surface area contributed by atoms with Gasteiger partial charge in [0.1, 0.15) is 6.61 Å². The molecule has 1 N–H and O–H groups in total. The normalized spacial score (nSPS) is 13.2. The molecule has 0 spiro atoms. The fourth-order valence-corrected chi connectivity index (χ4v) is 1.03. The highest BCUT2D eigenvalue weighted by molar-refractivity contribution is 5.73. The van der Waals surface area contributed by atoms with Gasteiger partial charge in [-0.2, -0.15) is 0 Å². The Morgan fingerprint density at radius 2 is 2.00 bits per heavy atom. The second-order valence-corrected chi connectivity index (χ2v) is 3.19. The van der Waals surface area contributed by atoms with Crippen molar-refractivity contribution in [1.82, 2.24) is 5.32 Å². The summed E-state index contributed by atoms with van der Waals surface area (Å²) in [4.78, 5) is 10.5. The largest absolute Gasteiger partial charge is 0.351 e. The third kappa shape index (κ3) is 5.85. The molecule has 1 unspecified atom stereocenters. The first-order valence-electron chi connectivity index (χ1n) is 3.91. The summed E-state index contributed by atoms with van der Waals surface area (Å²) in [5.74, 6) is 0.340. The minimum Gasteiger partial charge on any atom is -0.351 e. The van der Waals surface area contributed by atoms with Gasteiger partial charge in [-0.3, -0.25) is 4.79 Å². The molecule has 0 aliphatic carbocycles. The lowest BCUT2D eigenvalue weighted by Crippen LogP contribution is -2.36. The van der Waals surface area contributed by atoms with Crippen LogP contribution in [0.1, 0.15) is 27.2 Å². The first kappa shape index (κ1) is 10.4. The zero-order valence-electron chi connectivity index (χ0n) is 7.39. The molecule has 3 heteroatoms. The quantitative estimate of drug-likeness (QED) is 0.651. The van der Waals surface area contributed by atoms with E-state index in [-0.39, 0.29) is 18.6 Å². The van der Waals surface area contributed by atoms with Gasteiger partial charge in [0.15, 0.2) is 0 Å². The molecule has 0 aliphatic heterocycles. The number of carbonyl (C=O) groups excluding carboxylic acids is 1. The molecule has 1 amide bonds.